The number of aromatic amines is 1. The largest absolute Gasteiger partial charge is 0.355 e. The molecular weight excluding hydrogens is 325 g/mol. The summed E-state index contributed by atoms with van der Waals surface area (Å²) >= 11 is 0. The third-order valence-corrected chi connectivity index (χ3v) is 3.75. The highest BCUT2D eigenvalue weighted by Gasteiger charge is 2.15. The summed E-state index contributed by atoms with van der Waals surface area (Å²) in [4.78, 5) is 38.5. The summed E-state index contributed by atoms with van der Waals surface area (Å²) < 4.78 is 13.7. The van der Waals surface area contributed by atoms with E-state index in [0.29, 0.717) is 10.8 Å². The molecule has 3 rings (SSSR count). The van der Waals surface area contributed by atoms with Crippen LogP contribution in [0.15, 0.2) is 53.5 Å². The van der Waals surface area contributed by atoms with Crippen molar-refractivity contribution in [3.63, 3.8) is 0 Å². The number of fused-ring (bicyclic) bond motifs is 1. The molecule has 0 fully saturated rings. The molecule has 0 spiro atoms. The normalized spacial score (nSPS) is 10.5. The fourth-order valence-corrected chi connectivity index (χ4v) is 2.51. The van der Waals surface area contributed by atoms with Crippen LogP contribution in [0.2, 0.25) is 0 Å². The van der Waals surface area contributed by atoms with Crippen LogP contribution in [0.1, 0.15) is 20.7 Å². The average Bonchev–Trinajstić information content (AvgIpc) is 2.63. The number of H-pyrrole nitrogens is 1. The van der Waals surface area contributed by atoms with E-state index in [2.05, 4.69) is 15.6 Å². The first-order chi connectivity index (χ1) is 12.0. The fraction of sp³-hybridized carbons (Fsp3) is 0.0556. The summed E-state index contributed by atoms with van der Waals surface area (Å²) in [5.74, 6) is -1.77. The number of hydrogen-bond acceptors (Lipinski definition) is 3. The molecule has 0 saturated carbocycles. The third kappa shape index (κ3) is 3.12. The zero-order valence-corrected chi connectivity index (χ0v) is 13.2. The van der Waals surface area contributed by atoms with Crippen LogP contribution in [0, 0.1) is 5.82 Å². The van der Waals surface area contributed by atoms with Gasteiger partial charge in [-0.25, -0.2) is 4.39 Å². The molecule has 25 heavy (non-hydrogen) atoms. The third-order valence-electron chi connectivity index (χ3n) is 3.75. The minimum Gasteiger partial charge on any atom is -0.355 e. The van der Waals surface area contributed by atoms with Crippen molar-refractivity contribution in [2.75, 3.05) is 12.4 Å². The predicted molar refractivity (Wildman–Crippen MR) is 92.3 cm³/mol. The molecule has 0 aliphatic carbocycles. The first kappa shape index (κ1) is 16.4. The molecule has 3 aromatic rings. The molecular formula is C18H14FN3O3. The molecule has 0 aliphatic heterocycles. The summed E-state index contributed by atoms with van der Waals surface area (Å²) in [7, 11) is 1.39. The topological polar surface area (TPSA) is 91.1 Å². The lowest BCUT2D eigenvalue weighted by Gasteiger charge is -2.09. The van der Waals surface area contributed by atoms with Gasteiger partial charge in [-0.05, 0) is 24.3 Å². The number of benzene rings is 2. The Balaban J connectivity index is 1.98. The van der Waals surface area contributed by atoms with Crippen molar-refractivity contribution < 1.29 is 14.0 Å². The molecule has 7 heteroatoms. The Kier molecular flexibility index (Phi) is 4.30. The number of anilines is 1. The zero-order chi connectivity index (χ0) is 18.0. The Hall–Kier alpha value is -3.48. The van der Waals surface area contributed by atoms with Crippen molar-refractivity contribution in [3.8, 4) is 0 Å². The predicted octanol–water partition coefficient (Wildman–Crippen LogP) is 2.28. The smallest absolute Gasteiger partial charge is 0.257 e. The summed E-state index contributed by atoms with van der Waals surface area (Å²) in [5.41, 5.74) is 0.0590. The maximum atomic E-state index is 13.7. The maximum Gasteiger partial charge on any atom is 0.257 e. The summed E-state index contributed by atoms with van der Waals surface area (Å²) in [5, 5.41) is 5.83. The number of carbonyl (C=O) groups is 2. The zero-order valence-electron chi connectivity index (χ0n) is 13.2. The van der Waals surface area contributed by atoms with Crippen LogP contribution in [0.3, 0.4) is 0 Å². The molecule has 0 radical (unpaired) electrons. The van der Waals surface area contributed by atoms with E-state index in [0.717, 1.165) is 6.07 Å². The number of rotatable bonds is 3. The first-order valence-electron chi connectivity index (χ1n) is 7.44. The lowest BCUT2D eigenvalue weighted by molar-refractivity contribution is 0.0957. The van der Waals surface area contributed by atoms with Crippen molar-refractivity contribution in [2.45, 2.75) is 0 Å². The fourth-order valence-electron chi connectivity index (χ4n) is 2.51. The lowest BCUT2D eigenvalue weighted by atomic mass is 10.1. The SMILES string of the molecule is CNC(=O)c1cc(NC(=O)c2c[nH]c(=O)c3ccccc23)ccc1F. The standard InChI is InChI=1S/C18H14FN3O3/c1-20-16(23)13-8-10(6-7-15(13)19)22-18(25)14-9-21-17(24)12-5-3-2-4-11(12)14/h2-9H,1H3,(H,20,23)(H,21,24)(H,22,25). The number of amides is 2. The van der Waals surface area contributed by atoms with Gasteiger partial charge in [-0.15, -0.1) is 0 Å². The highest BCUT2D eigenvalue weighted by Crippen LogP contribution is 2.18. The minimum absolute atomic E-state index is 0.174. The average molecular weight is 339 g/mol. The molecule has 1 aromatic heterocycles. The molecule has 0 bridgehead atoms. The molecule has 0 aliphatic rings. The Bertz CT molecular complexity index is 1040. The van der Waals surface area contributed by atoms with Crippen LogP contribution >= 0.6 is 0 Å². The number of pyridine rings is 1. The molecule has 0 atom stereocenters. The summed E-state index contributed by atoms with van der Waals surface area (Å²) in [6.45, 7) is 0. The van der Waals surface area contributed by atoms with Gasteiger partial charge in [0, 0.05) is 29.7 Å². The second-order valence-corrected chi connectivity index (χ2v) is 5.30. The first-order valence-corrected chi connectivity index (χ1v) is 7.44. The van der Waals surface area contributed by atoms with Crippen molar-refractivity contribution in [3.05, 3.63) is 76.0 Å². The van der Waals surface area contributed by atoms with Gasteiger partial charge in [0.25, 0.3) is 17.4 Å². The molecule has 2 aromatic carbocycles. The second kappa shape index (κ2) is 6.56. The molecule has 2 amide bonds. The van der Waals surface area contributed by atoms with Gasteiger partial charge in [-0.1, -0.05) is 18.2 Å². The van der Waals surface area contributed by atoms with E-state index in [-0.39, 0.29) is 22.4 Å². The van der Waals surface area contributed by atoms with Crippen molar-refractivity contribution in [1.82, 2.24) is 10.3 Å². The number of aromatic nitrogens is 1. The number of halogens is 1. The number of carbonyl (C=O) groups excluding carboxylic acids is 2. The van der Waals surface area contributed by atoms with Gasteiger partial charge >= 0.3 is 0 Å². The quantitative estimate of drug-likeness (QED) is 0.684. The Morgan fingerprint density at radius 3 is 2.44 bits per heavy atom. The number of nitrogens with one attached hydrogen (secondary N) is 3. The van der Waals surface area contributed by atoms with Crippen LogP contribution in [0.25, 0.3) is 10.8 Å². The van der Waals surface area contributed by atoms with E-state index < -0.39 is 17.6 Å². The van der Waals surface area contributed by atoms with Crippen LogP contribution in [0.5, 0.6) is 0 Å². The Morgan fingerprint density at radius 1 is 1.00 bits per heavy atom. The van der Waals surface area contributed by atoms with Crippen molar-refractivity contribution >= 4 is 28.3 Å². The van der Waals surface area contributed by atoms with Crippen molar-refractivity contribution in [1.29, 1.82) is 0 Å². The monoisotopic (exact) mass is 339 g/mol. The van der Waals surface area contributed by atoms with Gasteiger partial charge in [0.2, 0.25) is 0 Å². The van der Waals surface area contributed by atoms with Gasteiger partial charge in [0.1, 0.15) is 5.82 Å². The second-order valence-electron chi connectivity index (χ2n) is 5.30. The molecule has 0 unspecified atom stereocenters. The Morgan fingerprint density at radius 2 is 1.72 bits per heavy atom. The molecule has 126 valence electrons. The number of hydrogen-bond donors (Lipinski definition) is 3. The minimum atomic E-state index is -0.688. The maximum absolute atomic E-state index is 13.7. The van der Waals surface area contributed by atoms with E-state index in [4.69, 9.17) is 0 Å². The van der Waals surface area contributed by atoms with Gasteiger partial charge in [-0.3, -0.25) is 14.4 Å². The van der Waals surface area contributed by atoms with Crippen LogP contribution in [-0.4, -0.2) is 23.8 Å². The van der Waals surface area contributed by atoms with Gasteiger partial charge in [-0.2, -0.15) is 0 Å². The molecule has 0 saturated heterocycles. The van der Waals surface area contributed by atoms with E-state index >= 15 is 0 Å². The molecule has 6 nitrogen and oxygen atoms in total. The van der Waals surface area contributed by atoms with Crippen LogP contribution in [0.4, 0.5) is 10.1 Å². The molecule has 3 N–H and O–H groups in total. The van der Waals surface area contributed by atoms with Gasteiger partial charge in [0.15, 0.2) is 0 Å². The Labute approximate surface area is 141 Å². The molecule has 1 heterocycles. The van der Waals surface area contributed by atoms with Crippen molar-refractivity contribution in [2.24, 2.45) is 0 Å². The lowest BCUT2D eigenvalue weighted by Crippen LogP contribution is -2.20. The summed E-state index contributed by atoms with van der Waals surface area (Å²) in [6, 6.07) is 10.4. The van der Waals surface area contributed by atoms with E-state index in [1.165, 1.54) is 25.4 Å². The van der Waals surface area contributed by atoms with Gasteiger partial charge in [0.05, 0.1) is 11.1 Å². The van der Waals surface area contributed by atoms with E-state index in [9.17, 15) is 18.8 Å². The highest BCUT2D eigenvalue weighted by atomic mass is 19.1. The highest BCUT2D eigenvalue weighted by molar-refractivity contribution is 6.12. The van der Waals surface area contributed by atoms with E-state index in [1.807, 2.05) is 0 Å². The van der Waals surface area contributed by atoms with Crippen LogP contribution < -0.4 is 16.2 Å². The summed E-state index contributed by atoms with van der Waals surface area (Å²) in [6.07, 6.45) is 1.32. The van der Waals surface area contributed by atoms with Gasteiger partial charge < -0.3 is 15.6 Å². The van der Waals surface area contributed by atoms with E-state index in [1.54, 1.807) is 24.3 Å². The van der Waals surface area contributed by atoms with Crippen LogP contribution in [-0.2, 0) is 0 Å².